The summed E-state index contributed by atoms with van der Waals surface area (Å²) < 4.78 is 27.3. The molecule has 4 N–H and O–H groups in total. The molecule has 8 aliphatic heterocycles. The third-order valence-electron chi connectivity index (χ3n) is 28.2. The fourth-order valence-corrected chi connectivity index (χ4v) is 22.2. The Hall–Kier alpha value is -13.3. The van der Waals surface area contributed by atoms with E-state index in [2.05, 4.69) is 205 Å². The lowest BCUT2D eigenvalue weighted by atomic mass is 9.89. The summed E-state index contributed by atoms with van der Waals surface area (Å²) in [6.45, 7) is 11.5. The van der Waals surface area contributed by atoms with Gasteiger partial charge in [-0.3, -0.25) is 48.1 Å². The van der Waals surface area contributed by atoms with E-state index < -0.39 is 0 Å². The standard InChI is InChI=1S/C27H29N5O.C25H26N6O.C24H23FN6O2.C22H27N5O/c1-18-4-2-3-5-19(18)7-11-27(33)32-24-8-10-26(32)22(13-24)17-31-25-9-6-20(12-21(25)16-30-31)23-14-28-29-15-23;32-25(11-6-17-4-2-1-3-5-17)31-21-8-10-24(31)20(13-21)16-30-23-9-7-18(12-19(23)14-27-30)22-15-26-29-28-22;25-18-2-1-3-20(10-18)33-14-24(32)31-19-5-7-23(31)17(9-19)13-30-22-6-4-15(8-16(22)11-27-30)21-12-26-29-28-21;1-22(2,3)21(28)27-18-5-7-20(27)16(9-18)13-26-19-6-4-14(8-15(19)12-25-26)17-10-23-24-11-17/h2-6,9,12,14-16,22,24,26H,7-8,10-11,13,17H2,1H3,(H,28,29);1-5,7,9,12,14-15,20-21,24H,6,8,10-11,13,16H2,(H,26,28,29);1-4,6,8,10-12,17,19,23H,5,7,9,13-14H2,(H,26,28,29);4,6,8,10-12,16,18,20H,5,7,9,13H2,1-3H3,(H,23,24). The minimum atomic E-state index is -0.374. The second-order valence-corrected chi connectivity index (χ2v) is 36.8. The zero-order valence-electron chi connectivity index (χ0n) is 71.5. The molecule has 7 aromatic carbocycles. The molecule has 8 aromatic heterocycles. The Labute approximate surface area is 728 Å². The van der Waals surface area contributed by atoms with Gasteiger partial charge < -0.3 is 24.3 Å². The van der Waals surface area contributed by atoms with Crippen LogP contribution < -0.4 is 4.74 Å². The minimum absolute atomic E-state index is 0.0307. The molecular weight excluding hydrogens is 1580 g/mol. The fraction of sp³-hybridized carbons (Fsp3) is 0.388. The molecule has 0 saturated carbocycles. The van der Waals surface area contributed by atoms with Crippen LogP contribution >= 0.6 is 0 Å². The molecule has 15 aromatic rings. The minimum Gasteiger partial charge on any atom is -0.484 e. The number of H-pyrrole nitrogens is 4. The van der Waals surface area contributed by atoms with Gasteiger partial charge in [0.15, 0.2) is 6.61 Å². The molecule has 8 fully saturated rings. The Bertz CT molecular complexity index is 6370. The second kappa shape index (κ2) is 34.7. The Morgan fingerprint density at radius 1 is 0.413 bits per heavy atom. The molecule has 4 amide bonds. The zero-order chi connectivity index (χ0) is 85.7. The lowest BCUT2D eigenvalue weighted by molar-refractivity contribution is -0.141. The number of hydrogen-bond donors (Lipinski definition) is 4. The number of hydrogen-bond acceptors (Lipinski definition) is 15. The number of nitrogens with one attached hydrogen (secondary N) is 4. The van der Waals surface area contributed by atoms with E-state index in [1.54, 1.807) is 24.5 Å². The first kappa shape index (κ1) is 81.1. The normalized spacial score (nSPS) is 22.5. The highest BCUT2D eigenvalue weighted by Gasteiger charge is 2.53. The van der Waals surface area contributed by atoms with Crippen molar-refractivity contribution in [1.82, 2.24) is 110 Å². The highest BCUT2D eigenvalue weighted by atomic mass is 19.1. The third-order valence-corrected chi connectivity index (χ3v) is 28.2. The molecule has 12 unspecified atom stereocenters. The van der Waals surface area contributed by atoms with Gasteiger partial charge in [0.1, 0.15) is 23.0 Å². The average molecular weight is 1690 g/mol. The summed E-state index contributed by atoms with van der Waals surface area (Å²) in [5.41, 5.74) is 16.1. The van der Waals surface area contributed by atoms with Crippen LogP contribution in [0.4, 0.5) is 4.39 Å². The fourth-order valence-electron chi connectivity index (χ4n) is 22.2. The molecule has 23 rings (SSSR count). The van der Waals surface area contributed by atoms with Gasteiger partial charge >= 0.3 is 0 Å². The SMILES string of the molecule is CC(C)(C)C(=O)N1C2CCC1C(Cn1ncc3cc(-c4cn[nH]c4)ccc31)C2.Cc1ccccc1CCC(=O)N1C2CCC1C(Cn1ncc3cc(-c4cn[nH]c4)ccc31)C2.O=C(CCc1ccccc1)N1C2CCC1C(Cn1ncc3cc(-c4cn[nH]n4)ccc31)C2.O=C(COc1cccc(F)c1)N1C2CCC1C(Cn1ncc3cc(-c4cn[nH]n4)ccc31)C2. The Balaban J connectivity index is 0.000000106. The van der Waals surface area contributed by atoms with Crippen molar-refractivity contribution in [3.63, 3.8) is 0 Å². The van der Waals surface area contributed by atoms with Crippen LogP contribution in [0.25, 0.3) is 88.4 Å². The third kappa shape index (κ3) is 16.4. The van der Waals surface area contributed by atoms with Crippen LogP contribution in [0, 0.1) is 41.8 Å². The summed E-state index contributed by atoms with van der Waals surface area (Å²) >= 11 is 0. The second-order valence-electron chi connectivity index (χ2n) is 36.8. The molecule has 0 spiro atoms. The summed E-state index contributed by atoms with van der Waals surface area (Å²) in [4.78, 5) is 60.8. The van der Waals surface area contributed by atoms with Crippen molar-refractivity contribution in [2.24, 2.45) is 29.1 Å². The predicted octanol–water partition coefficient (Wildman–Crippen LogP) is 15.9. The van der Waals surface area contributed by atoms with E-state index in [4.69, 9.17) is 9.84 Å². The van der Waals surface area contributed by atoms with Gasteiger partial charge in [0, 0.05) is 179 Å². The van der Waals surface area contributed by atoms with Gasteiger partial charge in [-0.15, -0.1) is 0 Å². The number of nitrogens with zero attached hydrogens (tertiary/aromatic N) is 18. The zero-order valence-corrected chi connectivity index (χ0v) is 71.5. The number of carbonyl (C=O) groups excluding carboxylic acids is 4. The summed E-state index contributed by atoms with van der Waals surface area (Å²) in [6, 6.07) is 52.6. The van der Waals surface area contributed by atoms with Crippen molar-refractivity contribution >= 4 is 67.2 Å². The number of aromatic nitrogens is 18. The number of benzene rings is 7. The molecule has 0 radical (unpaired) electrons. The predicted molar refractivity (Wildman–Crippen MR) is 478 cm³/mol. The van der Waals surface area contributed by atoms with Gasteiger partial charge in [-0.1, -0.05) is 106 Å². The van der Waals surface area contributed by atoms with Crippen molar-refractivity contribution < 1.29 is 28.3 Å². The maximum absolute atomic E-state index is 13.4. The van der Waals surface area contributed by atoms with Crippen molar-refractivity contribution in [2.75, 3.05) is 6.61 Å². The quantitative estimate of drug-likeness (QED) is 0.0520. The molecule has 0 aliphatic carbocycles. The van der Waals surface area contributed by atoms with E-state index >= 15 is 0 Å². The van der Waals surface area contributed by atoms with Crippen LogP contribution in [0.5, 0.6) is 5.75 Å². The molecule has 8 saturated heterocycles. The molecule has 644 valence electrons. The summed E-state index contributed by atoms with van der Waals surface area (Å²) in [5, 5.41) is 58.3. The van der Waals surface area contributed by atoms with Gasteiger partial charge in [-0.05, 0) is 185 Å². The van der Waals surface area contributed by atoms with Crippen molar-refractivity contribution in [3.8, 4) is 50.5 Å². The molecule has 126 heavy (non-hydrogen) atoms. The summed E-state index contributed by atoms with van der Waals surface area (Å²) in [7, 11) is 0. The number of amides is 4. The van der Waals surface area contributed by atoms with Crippen LogP contribution in [0.15, 0.2) is 214 Å². The van der Waals surface area contributed by atoms with Crippen LogP contribution in [-0.4, -0.2) is 189 Å². The van der Waals surface area contributed by atoms with Crippen LogP contribution in [-0.2, 0) is 58.2 Å². The highest BCUT2D eigenvalue weighted by molar-refractivity contribution is 5.88. The molecule has 8 bridgehead atoms. The largest absolute Gasteiger partial charge is 0.484 e. The van der Waals surface area contributed by atoms with Gasteiger partial charge in [0.25, 0.3) is 5.91 Å². The van der Waals surface area contributed by atoms with E-state index in [-0.39, 0.29) is 35.8 Å². The Kier molecular flexibility index (Phi) is 22.3. The number of aryl methyl sites for hydroxylation is 3. The summed E-state index contributed by atoms with van der Waals surface area (Å²) in [6.07, 6.45) is 34.5. The number of halogens is 1. The van der Waals surface area contributed by atoms with E-state index in [1.807, 2.05) is 104 Å². The first-order chi connectivity index (χ1) is 61.5. The van der Waals surface area contributed by atoms with Crippen LogP contribution in [0.2, 0.25) is 0 Å². The Morgan fingerprint density at radius 2 is 0.825 bits per heavy atom. The molecule has 28 heteroatoms. The van der Waals surface area contributed by atoms with Crippen LogP contribution in [0.3, 0.4) is 0 Å². The molecule has 16 heterocycles. The van der Waals surface area contributed by atoms with E-state index in [1.165, 1.54) is 28.8 Å². The lowest BCUT2D eigenvalue weighted by Gasteiger charge is -2.30. The number of rotatable bonds is 21. The number of carbonyl (C=O) groups is 4. The Morgan fingerprint density at radius 3 is 1.25 bits per heavy atom. The molecule has 12 atom stereocenters. The molecular formula is C98H105FN22O5. The molecule has 8 aliphatic rings. The first-order valence-corrected chi connectivity index (χ1v) is 44.8. The number of aromatic amines is 4. The lowest BCUT2D eigenvalue weighted by Crippen LogP contribution is -2.43. The van der Waals surface area contributed by atoms with Crippen LogP contribution in [0.1, 0.15) is 127 Å². The number of ether oxygens (including phenoxy) is 1. The first-order valence-electron chi connectivity index (χ1n) is 44.8. The topological polar surface area (TPSA) is 302 Å². The average Bonchev–Trinajstić information content (AvgIpc) is 1.60. The molecule has 27 nitrogen and oxygen atoms in total. The van der Waals surface area contributed by atoms with E-state index in [0.29, 0.717) is 96.2 Å². The number of fused-ring (bicyclic) bond motifs is 12. The smallest absolute Gasteiger partial charge is 0.261 e. The van der Waals surface area contributed by atoms with Crippen molar-refractivity contribution in [3.05, 3.63) is 236 Å². The van der Waals surface area contributed by atoms with E-state index in [0.717, 1.165) is 204 Å². The maximum Gasteiger partial charge on any atom is 0.261 e. The van der Waals surface area contributed by atoms with Gasteiger partial charge in [0.05, 0.1) is 71.6 Å². The van der Waals surface area contributed by atoms with Gasteiger partial charge in [-0.25, -0.2) is 4.39 Å². The van der Waals surface area contributed by atoms with E-state index in [9.17, 15) is 23.6 Å². The van der Waals surface area contributed by atoms with Crippen molar-refractivity contribution in [1.29, 1.82) is 0 Å². The summed E-state index contributed by atoms with van der Waals surface area (Å²) in [5.74, 6) is 2.68. The maximum atomic E-state index is 13.4. The van der Waals surface area contributed by atoms with Crippen molar-refractivity contribution in [2.45, 2.75) is 205 Å². The highest BCUT2D eigenvalue weighted by Crippen LogP contribution is 2.48. The monoisotopic (exact) mass is 1690 g/mol. The van der Waals surface area contributed by atoms with Gasteiger partial charge in [-0.2, -0.15) is 61.4 Å². The van der Waals surface area contributed by atoms with Gasteiger partial charge in [0.2, 0.25) is 17.7 Å².